The summed E-state index contributed by atoms with van der Waals surface area (Å²) in [6.07, 6.45) is 3.75. The number of aromatic nitrogens is 2. The summed E-state index contributed by atoms with van der Waals surface area (Å²) in [5.74, 6) is 2.58. The number of nitrogens with one attached hydrogen (secondary N) is 2. The molecule has 0 unspecified atom stereocenters. The lowest BCUT2D eigenvalue weighted by Crippen LogP contribution is -2.36. The molecule has 0 aliphatic rings. The van der Waals surface area contributed by atoms with Gasteiger partial charge in [-0.1, -0.05) is 24.3 Å². The molecule has 170 valence electrons. The minimum Gasteiger partial charge on any atom is -0.493 e. The topological polar surface area (TPSA) is 81.9 Å². The van der Waals surface area contributed by atoms with Crippen molar-refractivity contribution in [3.05, 3.63) is 71.5 Å². The normalized spacial score (nSPS) is 11.2. The van der Waals surface area contributed by atoms with Crippen LogP contribution in [-0.4, -0.2) is 43.6 Å². The highest BCUT2D eigenvalue weighted by molar-refractivity contribution is 5.79. The summed E-state index contributed by atoms with van der Waals surface area (Å²) in [6.45, 7) is 4.38. The van der Waals surface area contributed by atoms with Gasteiger partial charge in [-0.3, -0.25) is 9.67 Å². The molecule has 1 heterocycles. The molecule has 32 heavy (non-hydrogen) atoms. The summed E-state index contributed by atoms with van der Waals surface area (Å²) in [5.41, 5.74) is 3.39. The van der Waals surface area contributed by atoms with E-state index in [9.17, 15) is 0 Å². The smallest absolute Gasteiger partial charge is 0.203 e. The Morgan fingerprint density at radius 1 is 1.00 bits per heavy atom. The van der Waals surface area contributed by atoms with Gasteiger partial charge >= 0.3 is 0 Å². The van der Waals surface area contributed by atoms with Gasteiger partial charge in [0.15, 0.2) is 17.5 Å². The maximum Gasteiger partial charge on any atom is 0.203 e. The summed E-state index contributed by atoms with van der Waals surface area (Å²) in [6, 6.07) is 14.1. The Labute approximate surface area is 189 Å². The van der Waals surface area contributed by atoms with Gasteiger partial charge in [0.05, 0.1) is 27.4 Å². The van der Waals surface area contributed by atoms with E-state index in [2.05, 4.69) is 32.9 Å². The van der Waals surface area contributed by atoms with Crippen LogP contribution in [0.15, 0.2) is 59.9 Å². The number of nitrogens with zero attached hydrogens (tertiary/aromatic N) is 3. The van der Waals surface area contributed by atoms with Gasteiger partial charge in [0.25, 0.3) is 0 Å². The Morgan fingerprint density at radius 3 is 2.28 bits per heavy atom. The Morgan fingerprint density at radius 2 is 1.69 bits per heavy atom. The van der Waals surface area contributed by atoms with Crippen LogP contribution in [0, 0.1) is 0 Å². The summed E-state index contributed by atoms with van der Waals surface area (Å²) < 4.78 is 18.6. The molecule has 0 atom stereocenters. The molecular formula is C24H31N5O3. The quantitative estimate of drug-likeness (QED) is 0.374. The van der Waals surface area contributed by atoms with Crippen molar-refractivity contribution in [2.45, 2.75) is 26.6 Å². The second-order valence-electron chi connectivity index (χ2n) is 7.01. The minimum absolute atomic E-state index is 0.531. The van der Waals surface area contributed by atoms with Gasteiger partial charge in [-0.2, -0.15) is 5.10 Å². The fraction of sp³-hybridized carbons (Fsp3) is 0.333. The monoisotopic (exact) mass is 437 g/mol. The van der Waals surface area contributed by atoms with Crippen LogP contribution in [0.5, 0.6) is 17.2 Å². The van der Waals surface area contributed by atoms with Crippen molar-refractivity contribution in [2.24, 2.45) is 4.99 Å². The van der Waals surface area contributed by atoms with Crippen LogP contribution < -0.4 is 24.8 Å². The van der Waals surface area contributed by atoms with Crippen molar-refractivity contribution in [1.82, 2.24) is 20.4 Å². The molecule has 0 aliphatic carbocycles. The Kier molecular flexibility index (Phi) is 8.36. The second-order valence-corrected chi connectivity index (χ2v) is 7.01. The molecule has 3 aromatic rings. The zero-order valence-corrected chi connectivity index (χ0v) is 19.1. The predicted molar refractivity (Wildman–Crippen MR) is 126 cm³/mol. The van der Waals surface area contributed by atoms with E-state index in [1.54, 1.807) is 27.5 Å². The molecule has 0 amide bonds. The fourth-order valence-electron chi connectivity index (χ4n) is 3.36. The van der Waals surface area contributed by atoms with Crippen molar-refractivity contribution < 1.29 is 14.2 Å². The highest BCUT2D eigenvalue weighted by Gasteiger charge is 2.14. The van der Waals surface area contributed by atoms with Gasteiger partial charge in [0.2, 0.25) is 5.75 Å². The molecule has 3 rings (SSSR count). The van der Waals surface area contributed by atoms with Crippen molar-refractivity contribution >= 4 is 5.96 Å². The average Bonchev–Trinajstić information content (AvgIpc) is 3.33. The van der Waals surface area contributed by atoms with E-state index in [-0.39, 0.29) is 0 Å². The maximum atomic E-state index is 5.68. The molecular weight excluding hydrogens is 406 g/mol. The van der Waals surface area contributed by atoms with Crippen molar-refractivity contribution in [2.75, 3.05) is 27.9 Å². The Hall–Kier alpha value is -3.68. The molecule has 0 saturated carbocycles. The van der Waals surface area contributed by atoms with Crippen molar-refractivity contribution in [1.29, 1.82) is 0 Å². The van der Waals surface area contributed by atoms with Crippen LogP contribution in [0.2, 0.25) is 0 Å². The van der Waals surface area contributed by atoms with E-state index in [0.29, 0.717) is 42.9 Å². The third-order valence-corrected chi connectivity index (χ3v) is 4.95. The molecule has 0 radical (unpaired) electrons. The highest BCUT2D eigenvalue weighted by atomic mass is 16.5. The van der Waals surface area contributed by atoms with Gasteiger partial charge in [-0.15, -0.1) is 0 Å². The largest absolute Gasteiger partial charge is 0.493 e. The van der Waals surface area contributed by atoms with E-state index in [1.807, 2.05) is 48.1 Å². The zero-order valence-electron chi connectivity index (χ0n) is 19.1. The third kappa shape index (κ3) is 5.94. The number of ether oxygens (including phenoxy) is 3. The second kappa shape index (κ2) is 11.6. The Bertz CT molecular complexity index is 993. The minimum atomic E-state index is 0.531. The Balaban J connectivity index is 1.64. The zero-order chi connectivity index (χ0) is 22.8. The van der Waals surface area contributed by atoms with E-state index >= 15 is 0 Å². The van der Waals surface area contributed by atoms with Gasteiger partial charge in [-0.25, -0.2) is 0 Å². The fourth-order valence-corrected chi connectivity index (χ4v) is 3.36. The van der Waals surface area contributed by atoms with Crippen LogP contribution in [0.25, 0.3) is 0 Å². The standard InChI is InChI=1S/C24H31N5O3/c1-5-32-23-21(30-3)13-18(14-22(23)31-4)15-26-24(25-2)27-16-19-9-6-7-10-20(19)17-29-12-8-11-28-29/h6-14H,5,15-17H2,1-4H3,(H2,25,26,27). The van der Waals surface area contributed by atoms with Crippen LogP contribution in [0.1, 0.15) is 23.6 Å². The van der Waals surface area contributed by atoms with Gasteiger partial charge in [-0.05, 0) is 41.8 Å². The van der Waals surface area contributed by atoms with E-state index in [0.717, 1.165) is 12.1 Å². The number of hydrogen-bond donors (Lipinski definition) is 2. The lowest BCUT2D eigenvalue weighted by molar-refractivity contribution is 0.288. The van der Waals surface area contributed by atoms with Crippen molar-refractivity contribution in [3.63, 3.8) is 0 Å². The lowest BCUT2D eigenvalue weighted by Gasteiger charge is -2.17. The molecule has 1 aromatic heterocycles. The number of rotatable bonds is 10. The number of aliphatic imine (C=N–C) groups is 1. The van der Waals surface area contributed by atoms with Gasteiger partial charge in [0.1, 0.15) is 0 Å². The van der Waals surface area contributed by atoms with Crippen LogP contribution in [-0.2, 0) is 19.6 Å². The molecule has 0 fully saturated rings. The lowest BCUT2D eigenvalue weighted by atomic mass is 10.1. The number of guanidine groups is 1. The number of hydrogen-bond acceptors (Lipinski definition) is 5. The molecule has 8 heteroatoms. The first-order valence-electron chi connectivity index (χ1n) is 10.5. The molecule has 2 N–H and O–H groups in total. The molecule has 0 aliphatic heterocycles. The van der Waals surface area contributed by atoms with E-state index in [4.69, 9.17) is 14.2 Å². The first kappa shape index (κ1) is 23.0. The molecule has 0 spiro atoms. The van der Waals surface area contributed by atoms with Gasteiger partial charge < -0.3 is 24.8 Å². The molecule has 0 saturated heterocycles. The van der Waals surface area contributed by atoms with Crippen LogP contribution in [0.3, 0.4) is 0 Å². The molecule has 8 nitrogen and oxygen atoms in total. The molecule has 2 aromatic carbocycles. The number of methoxy groups -OCH3 is 2. The summed E-state index contributed by atoms with van der Waals surface area (Å²) in [7, 11) is 5.00. The summed E-state index contributed by atoms with van der Waals surface area (Å²) >= 11 is 0. The number of benzene rings is 2. The SMILES string of the molecule is CCOc1c(OC)cc(CNC(=NC)NCc2ccccc2Cn2cccn2)cc1OC. The third-order valence-electron chi connectivity index (χ3n) is 4.95. The first-order chi connectivity index (χ1) is 15.7. The van der Waals surface area contributed by atoms with Crippen LogP contribution in [0.4, 0.5) is 0 Å². The maximum absolute atomic E-state index is 5.68. The van der Waals surface area contributed by atoms with E-state index < -0.39 is 0 Å². The van der Waals surface area contributed by atoms with Crippen LogP contribution >= 0.6 is 0 Å². The predicted octanol–water partition coefficient (Wildman–Crippen LogP) is 3.21. The van der Waals surface area contributed by atoms with Crippen molar-refractivity contribution in [3.8, 4) is 17.2 Å². The van der Waals surface area contributed by atoms with Gasteiger partial charge in [0, 0.05) is 32.5 Å². The summed E-state index contributed by atoms with van der Waals surface area (Å²) in [5, 5.41) is 11.0. The van der Waals surface area contributed by atoms with E-state index in [1.165, 1.54) is 11.1 Å². The molecule has 0 bridgehead atoms. The first-order valence-corrected chi connectivity index (χ1v) is 10.5. The average molecular weight is 438 g/mol. The summed E-state index contributed by atoms with van der Waals surface area (Å²) in [4.78, 5) is 4.35. The highest BCUT2D eigenvalue weighted by Crippen LogP contribution is 2.38.